The first-order chi connectivity index (χ1) is 10.8. The summed E-state index contributed by atoms with van der Waals surface area (Å²) in [4.78, 5) is 14.2. The van der Waals surface area contributed by atoms with Gasteiger partial charge in [-0.05, 0) is 37.4 Å². The summed E-state index contributed by atoms with van der Waals surface area (Å²) in [5, 5.41) is 2.99. The number of nitrogens with two attached hydrogens (primary N) is 1. The van der Waals surface area contributed by atoms with Crippen LogP contribution in [-0.2, 0) is 16.0 Å². The summed E-state index contributed by atoms with van der Waals surface area (Å²) in [6.07, 6.45) is 3.34. The lowest BCUT2D eigenvalue weighted by Gasteiger charge is -2.26. The first-order valence-corrected chi connectivity index (χ1v) is 8.16. The monoisotopic (exact) mass is 305 g/mol. The highest BCUT2D eigenvalue weighted by Gasteiger charge is 2.09. The molecule has 1 aliphatic rings. The van der Waals surface area contributed by atoms with Gasteiger partial charge in [-0.25, -0.2) is 0 Å². The molecule has 0 spiro atoms. The highest BCUT2D eigenvalue weighted by atomic mass is 16.5. The number of carbonyl (C=O) groups excluding carboxylic acids is 1. The molecular formula is C17H27N3O2. The van der Waals surface area contributed by atoms with Crippen molar-refractivity contribution in [3.8, 4) is 0 Å². The van der Waals surface area contributed by atoms with Crippen molar-refractivity contribution in [1.29, 1.82) is 0 Å². The average Bonchev–Trinajstić information content (AvgIpc) is 2.55. The molecule has 0 radical (unpaired) electrons. The normalized spacial score (nSPS) is 15.6. The van der Waals surface area contributed by atoms with Gasteiger partial charge in [0.05, 0.1) is 13.2 Å². The van der Waals surface area contributed by atoms with Gasteiger partial charge in [-0.1, -0.05) is 18.2 Å². The molecule has 0 aliphatic carbocycles. The molecular weight excluding hydrogens is 278 g/mol. The number of ether oxygens (including phenoxy) is 1. The molecule has 1 amide bonds. The van der Waals surface area contributed by atoms with E-state index in [1.165, 1.54) is 0 Å². The van der Waals surface area contributed by atoms with E-state index in [1.807, 2.05) is 24.3 Å². The number of anilines is 1. The third kappa shape index (κ3) is 6.03. The Morgan fingerprint density at radius 1 is 1.23 bits per heavy atom. The first-order valence-electron chi connectivity index (χ1n) is 8.16. The van der Waals surface area contributed by atoms with Crippen LogP contribution < -0.4 is 11.1 Å². The molecule has 1 heterocycles. The number of morpholine rings is 1. The summed E-state index contributed by atoms with van der Waals surface area (Å²) in [6.45, 7) is 5.61. The second-order valence-electron chi connectivity index (χ2n) is 5.71. The van der Waals surface area contributed by atoms with Crippen molar-refractivity contribution in [2.75, 3.05) is 45.1 Å². The summed E-state index contributed by atoms with van der Waals surface area (Å²) < 4.78 is 5.32. The Balaban J connectivity index is 1.51. The standard InChI is InChI=1S/C17H27N3O2/c18-16-6-2-1-5-15(16)7-8-17(21)19-9-3-4-10-20-11-13-22-14-12-20/h1-2,5-6H,3-4,7-14,18H2,(H,19,21). The van der Waals surface area contributed by atoms with Crippen LogP contribution in [0.2, 0.25) is 0 Å². The Labute approximate surface area is 132 Å². The number of hydrogen-bond donors (Lipinski definition) is 2. The molecule has 1 saturated heterocycles. The molecule has 1 fully saturated rings. The Morgan fingerprint density at radius 3 is 2.77 bits per heavy atom. The molecule has 5 nitrogen and oxygen atoms in total. The third-order valence-electron chi connectivity index (χ3n) is 4.00. The van der Waals surface area contributed by atoms with E-state index in [4.69, 9.17) is 10.5 Å². The molecule has 22 heavy (non-hydrogen) atoms. The first kappa shape index (κ1) is 16.8. The lowest BCUT2D eigenvalue weighted by molar-refractivity contribution is -0.121. The van der Waals surface area contributed by atoms with Gasteiger partial charge in [0, 0.05) is 31.7 Å². The van der Waals surface area contributed by atoms with Crippen molar-refractivity contribution < 1.29 is 9.53 Å². The number of carbonyl (C=O) groups is 1. The number of amides is 1. The molecule has 0 atom stereocenters. The van der Waals surface area contributed by atoms with Gasteiger partial charge in [0.15, 0.2) is 0 Å². The number of rotatable bonds is 8. The van der Waals surface area contributed by atoms with Gasteiger partial charge < -0.3 is 15.8 Å². The maximum absolute atomic E-state index is 11.8. The number of aryl methyl sites for hydroxylation is 1. The van der Waals surface area contributed by atoms with Crippen LogP contribution in [0.15, 0.2) is 24.3 Å². The Bertz CT molecular complexity index is 459. The Morgan fingerprint density at radius 2 is 2.00 bits per heavy atom. The number of nitrogens with zero attached hydrogens (tertiary/aromatic N) is 1. The van der Waals surface area contributed by atoms with Crippen LogP contribution in [0.3, 0.4) is 0 Å². The highest BCUT2D eigenvalue weighted by Crippen LogP contribution is 2.12. The van der Waals surface area contributed by atoms with Gasteiger partial charge in [0.1, 0.15) is 0 Å². The lowest BCUT2D eigenvalue weighted by Crippen LogP contribution is -2.37. The fourth-order valence-corrected chi connectivity index (χ4v) is 2.61. The topological polar surface area (TPSA) is 67.6 Å². The van der Waals surface area contributed by atoms with Crippen molar-refractivity contribution in [2.45, 2.75) is 25.7 Å². The third-order valence-corrected chi connectivity index (χ3v) is 4.00. The number of nitrogen functional groups attached to an aromatic ring is 1. The summed E-state index contributed by atoms with van der Waals surface area (Å²) >= 11 is 0. The van der Waals surface area contributed by atoms with Crippen LogP contribution in [-0.4, -0.2) is 50.2 Å². The van der Waals surface area contributed by atoms with Gasteiger partial charge in [-0.15, -0.1) is 0 Å². The zero-order chi connectivity index (χ0) is 15.6. The van der Waals surface area contributed by atoms with Crippen LogP contribution in [0, 0.1) is 0 Å². The quantitative estimate of drug-likeness (QED) is 0.563. The maximum atomic E-state index is 11.8. The van der Waals surface area contributed by atoms with Crippen molar-refractivity contribution in [1.82, 2.24) is 10.2 Å². The molecule has 3 N–H and O–H groups in total. The molecule has 2 rings (SSSR count). The van der Waals surface area contributed by atoms with E-state index in [-0.39, 0.29) is 5.91 Å². The van der Waals surface area contributed by atoms with Crippen molar-refractivity contribution in [3.05, 3.63) is 29.8 Å². The second-order valence-corrected chi connectivity index (χ2v) is 5.71. The largest absolute Gasteiger partial charge is 0.399 e. The summed E-state index contributed by atoms with van der Waals surface area (Å²) in [6, 6.07) is 7.71. The molecule has 122 valence electrons. The number of para-hydroxylation sites is 1. The number of unbranched alkanes of at least 4 members (excludes halogenated alkanes) is 1. The molecule has 1 aliphatic heterocycles. The minimum Gasteiger partial charge on any atom is -0.399 e. The predicted molar refractivity (Wildman–Crippen MR) is 88.7 cm³/mol. The van der Waals surface area contributed by atoms with E-state index in [2.05, 4.69) is 10.2 Å². The Hall–Kier alpha value is -1.59. The summed E-state index contributed by atoms with van der Waals surface area (Å²) in [7, 11) is 0. The molecule has 0 saturated carbocycles. The van der Waals surface area contributed by atoms with E-state index in [0.717, 1.165) is 63.5 Å². The molecule has 5 heteroatoms. The lowest BCUT2D eigenvalue weighted by atomic mass is 10.1. The second kappa shape index (κ2) is 9.43. The fraction of sp³-hybridized carbons (Fsp3) is 0.588. The molecule has 0 bridgehead atoms. The predicted octanol–water partition coefficient (Wildman–Crippen LogP) is 1.43. The van der Waals surface area contributed by atoms with Crippen molar-refractivity contribution in [2.24, 2.45) is 0 Å². The van der Waals surface area contributed by atoms with Gasteiger partial charge in [0.2, 0.25) is 5.91 Å². The Kier molecular flexibility index (Phi) is 7.19. The molecule has 0 aromatic heterocycles. The number of hydrogen-bond acceptors (Lipinski definition) is 4. The van der Waals surface area contributed by atoms with Crippen LogP contribution in [0.1, 0.15) is 24.8 Å². The number of benzene rings is 1. The maximum Gasteiger partial charge on any atom is 0.220 e. The van der Waals surface area contributed by atoms with E-state index in [0.29, 0.717) is 12.8 Å². The van der Waals surface area contributed by atoms with Gasteiger partial charge in [0.25, 0.3) is 0 Å². The van der Waals surface area contributed by atoms with Crippen LogP contribution in [0.4, 0.5) is 5.69 Å². The molecule has 1 aromatic carbocycles. The van der Waals surface area contributed by atoms with Gasteiger partial charge in [-0.3, -0.25) is 9.69 Å². The zero-order valence-electron chi connectivity index (χ0n) is 13.2. The van der Waals surface area contributed by atoms with Crippen LogP contribution >= 0.6 is 0 Å². The number of nitrogens with one attached hydrogen (secondary N) is 1. The van der Waals surface area contributed by atoms with Crippen LogP contribution in [0.5, 0.6) is 0 Å². The van der Waals surface area contributed by atoms with E-state index in [1.54, 1.807) is 0 Å². The highest BCUT2D eigenvalue weighted by molar-refractivity contribution is 5.76. The average molecular weight is 305 g/mol. The van der Waals surface area contributed by atoms with E-state index < -0.39 is 0 Å². The minimum atomic E-state index is 0.106. The summed E-state index contributed by atoms with van der Waals surface area (Å²) in [5.74, 6) is 0.106. The SMILES string of the molecule is Nc1ccccc1CCC(=O)NCCCCN1CCOCC1. The van der Waals surface area contributed by atoms with Gasteiger partial charge in [-0.2, -0.15) is 0 Å². The summed E-state index contributed by atoms with van der Waals surface area (Å²) in [5.41, 5.74) is 7.68. The van der Waals surface area contributed by atoms with E-state index >= 15 is 0 Å². The van der Waals surface area contributed by atoms with Gasteiger partial charge >= 0.3 is 0 Å². The molecule has 0 unspecified atom stereocenters. The van der Waals surface area contributed by atoms with Crippen molar-refractivity contribution in [3.63, 3.8) is 0 Å². The van der Waals surface area contributed by atoms with Crippen molar-refractivity contribution >= 4 is 11.6 Å². The fourth-order valence-electron chi connectivity index (χ4n) is 2.61. The van der Waals surface area contributed by atoms with E-state index in [9.17, 15) is 4.79 Å². The zero-order valence-corrected chi connectivity index (χ0v) is 13.2. The van der Waals surface area contributed by atoms with Crippen LogP contribution in [0.25, 0.3) is 0 Å². The smallest absolute Gasteiger partial charge is 0.220 e. The minimum absolute atomic E-state index is 0.106. The molecule has 1 aromatic rings.